The Morgan fingerprint density at radius 3 is 2.52 bits per heavy atom. The molecule has 156 valence electrons. The smallest absolute Gasteiger partial charge is 0.220 e. The largest absolute Gasteiger partial charge is 0.497 e. The van der Waals surface area contributed by atoms with Crippen molar-refractivity contribution in [3.63, 3.8) is 0 Å². The number of piperidine rings is 1. The van der Waals surface area contributed by atoms with Gasteiger partial charge in [-0.3, -0.25) is 14.5 Å². The van der Waals surface area contributed by atoms with Gasteiger partial charge in [0.15, 0.2) is 5.78 Å². The number of nitrogens with zero attached hydrogens (tertiary/aromatic N) is 1. The van der Waals surface area contributed by atoms with E-state index in [1.807, 2.05) is 12.1 Å². The lowest BCUT2D eigenvalue weighted by Gasteiger charge is -2.35. The van der Waals surface area contributed by atoms with Crippen LogP contribution in [0.2, 0.25) is 0 Å². The molecule has 1 aromatic carbocycles. The molecule has 1 fully saturated rings. The molecule has 6 heteroatoms. The molecular formula is C23H30N2O4. The monoisotopic (exact) mass is 398 g/mol. The third-order valence-corrected chi connectivity index (χ3v) is 5.61. The summed E-state index contributed by atoms with van der Waals surface area (Å²) in [5.74, 6) is 2.15. The molecule has 1 aliphatic rings. The highest BCUT2D eigenvalue weighted by atomic mass is 16.5. The first-order chi connectivity index (χ1) is 14.1. The molecule has 1 N–H and O–H groups in total. The molecule has 3 rings (SSSR count). The average Bonchev–Trinajstić information content (AvgIpc) is 3.28. The van der Waals surface area contributed by atoms with Crippen LogP contribution in [0.5, 0.6) is 5.75 Å². The van der Waals surface area contributed by atoms with Gasteiger partial charge in [-0.1, -0.05) is 6.92 Å². The molecule has 6 nitrogen and oxygen atoms in total. The zero-order valence-corrected chi connectivity index (χ0v) is 17.2. The Morgan fingerprint density at radius 2 is 1.90 bits per heavy atom. The Bertz CT molecular complexity index is 778. The number of likely N-dealkylation sites (tertiary alicyclic amines) is 1. The van der Waals surface area contributed by atoms with E-state index in [0.29, 0.717) is 17.9 Å². The number of hydrogen-bond donors (Lipinski definition) is 1. The van der Waals surface area contributed by atoms with Crippen molar-refractivity contribution in [3.05, 3.63) is 54.0 Å². The van der Waals surface area contributed by atoms with E-state index in [9.17, 15) is 9.59 Å². The van der Waals surface area contributed by atoms with Crippen LogP contribution in [0.15, 0.2) is 47.1 Å². The molecule has 1 aromatic heterocycles. The average molecular weight is 399 g/mol. The first-order valence-corrected chi connectivity index (χ1v) is 10.3. The second-order valence-corrected chi connectivity index (χ2v) is 7.71. The van der Waals surface area contributed by atoms with Gasteiger partial charge in [0.2, 0.25) is 5.91 Å². The fraction of sp³-hybridized carbons (Fsp3) is 0.478. The molecule has 1 atom stereocenters. The quantitative estimate of drug-likeness (QED) is 0.650. The predicted molar refractivity (Wildman–Crippen MR) is 111 cm³/mol. The van der Waals surface area contributed by atoms with E-state index in [1.165, 1.54) is 0 Å². The number of carbonyl (C=O) groups is 2. The summed E-state index contributed by atoms with van der Waals surface area (Å²) in [6.45, 7) is 4.76. The van der Waals surface area contributed by atoms with Crippen molar-refractivity contribution in [2.75, 3.05) is 26.7 Å². The summed E-state index contributed by atoms with van der Waals surface area (Å²) in [5.41, 5.74) is 0.592. The number of furan rings is 1. The van der Waals surface area contributed by atoms with Crippen molar-refractivity contribution in [2.24, 2.45) is 5.92 Å². The van der Waals surface area contributed by atoms with Gasteiger partial charge in [0.25, 0.3) is 0 Å². The van der Waals surface area contributed by atoms with Gasteiger partial charge < -0.3 is 14.5 Å². The van der Waals surface area contributed by atoms with Gasteiger partial charge in [-0.25, -0.2) is 0 Å². The minimum Gasteiger partial charge on any atom is -0.497 e. The molecule has 2 heterocycles. The zero-order chi connectivity index (χ0) is 20.6. The van der Waals surface area contributed by atoms with Crippen LogP contribution < -0.4 is 10.1 Å². The van der Waals surface area contributed by atoms with Crippen LogP contribution in [0.3, 0.4) is 0 Å². The molecule has 29 heavy (non-hydrogen) atoms. The highest BCUT2D eigenvalue weighted by molar-refractivity contribution is 5.98. The highest BCUT2D eigenvalue weighted by Crippen LogP contribution is 2.26. The second-order valence-electron chi connectivity index (χ2n) is 7.71. The Labute approximate surface area is 172 Å². The van der Waals surface area contributed by atoms with E-state index < -0.39 is 0 Å². The Balaban J connectivity index is 1.50. The molecule has 0 saturated carbocycles. The molecule has 0 bridgehead atoms. The van der Waals surface area contributed by atoms with Gasteiger partial charge in [-0.15, -0.1) is 0 Å². The third-order valence-electron chi connectivity index (χ3n) is 5.61. The van der Waals surface area contributed by atoms with Crippen LogP contribution in [0.1, 0.15) is 54.8 Å². The van der Waals surface area contributed by atoms with Crippen molar-refractivity contribution in [1.82, 2.24) is 10.2 Å². The van der Waals surface area contributed by atoms with Crippen molar-refractivity contribution in [3.8, 4) is 5.75 Å². The first kappa shape index (κ1) is 21.1. The fourth-order valence-corrected chi connectivity index (χ4v) is 3.68. The molecule has 1 amide bonds. The summed E-state index contributed by atoms with van der Waals surface area (Å²) in [7, 11) is 1.58. The molecule has 0 radical (unpaired) electrons. The maximum absolute atomic E-state index is 12.4. The van der Waals surface area contributed by atoms with Crippen molar-refractivity contribution < 1.29 is 18.7 Å². The van der Waals surface area contributed by atoms with E-state index in [2.05, 4.69) is 17.1 Å². The lowest BCUT2D eigenvalue weighted by molar-refractivity contribution is -0.121. The van der Waals surface area contributed by atoms with E-state index in [1.54, 1.807) is 37.6 Å². The topological polar surface area (TPSA) is 71.8 Å². The molecule has 2 aromatic rings. The molecule has 1 aliphatic heterocycles. The zero-order valence-electron chi connectivity index (χ0n) is 17.2. The van der Waals surface area contributed by atoms with Crippen molar-refractivity contribution in [1.29, 1.82) is 0 Å². The van der Waals surface area contributed by atoms with E-state index in [4.69, 9.17) is 9.15 Å². The van der Waals surface area contributed by atoms with Gasteiger partial charge in [-0.2, -0.15) is 0 Å². The highest BCUT2D eigenvalue weighted by Gasteiger charge is 2.26. The van der Waals surface area contributed by atoms with Gasteiger partial charge in [-0.05, 0) is 68.2 Å². The first-order valence-electron chi connectivity index (χ1n) is 10.3. The number of rotatable bonds is 9. The summed E-state index contributed by atoms with van der Waals surface area (Å²) in [6, 6.07) is 10.8. The second kappa shape index (κ2) is 10.3. The number of methoxy groups -OCH3 is 1. The van der Waals surface area contributed by atoms with Crippen LogP contribution in [0, 0.1) is 5.92 Å². The lowest BCUT2D eigenvalue weighted by atomic mass is 9.97. The normalized spacial score (nSPS) is 16.3. The Morgan fingerprint density at radius 1 is 1.17 bits per heavy atom. The molecule has 0 aliphatic carbocycles. The van der Waals surface area contributed by atoms with Crippen LogP contribution in [0.4, 0.5) is 0 Å². The fourth-order valence-electron chi connectivity index (χ4n) is 3.68. The molecule has 0 spiro atoms. The van der Waals surface area contributed by atoms with E-state index in [-0.39, 0.29) is 30.6 Å². The van der Waals surface area contributed by atoms with Gasteiger partial charge in [0, 0.05) is 24.9 Å². The maximum atomic E-state index is 12.4. The maximum Gasteiger partial charge on any atom is 0.220 e. The SMILES string of the molecule is COc1ccc(C(=O)CCC(=O)NCC(c2ccco2)N2CCC(C)CC2)cc1. The molecule has 1 saturated heterocycles. The minimum atomic E-state index is -0.117. The van der Waals surface area contributed by atoms with Crippen molar-refractivity contribution in [2.45, 2.75) is 38.6 Å². The Hall–Kier alpha value is -2.60. The standard InChI is InChI=1S/C23H30N2O4/c1-17-11-13-25(14-12-17)20(22-4-3-15-29-22)16-24-23(27)10-9-21(26)18-5-7-19(28-2)8-6-18/h3-8,15,17,20H,9-14,16H2,1-2H3,(H,24,27). The predicted octanol–water partition coefficient (Wildman–Crippen LogP) is 3.84. The summed E-state index contributed by atoms with van der Waals surface area (Å²) >= 11 is 0. The van der Waals surface area contributed by atoms with E-state index >= 15 is 0 Å². The molecule has 1 unspecified atom stereocenters. The summed E-state index contributed by atoms with van der Waals surface area (Å²) in [5, 5.41) is 2.99. The van der Waals surface area contributed by atoms with Gasteiger partial charge >= 0.3 is 0 Å². The third kappa shape index (κ3) is 5.94. The number of hydrogen-bond acceptors (Lipinski definition) is 5. The number of ketones is 1. The number of amides is 1. The number of ether oxygens (including phenoxy) is 1. The summed E-state index contributed by atoms with van der Waals surface area (Å²) < 4.78 is 10.7. The van der Waals surface area contributed by atoms with E-state index in [0.717, 1.165) is 37.6 Å². The van der Waals surface area contributed by atoms with Crippen LogP contribution in [-0.4, -0.2) is 43.3 Å². The summed E-state index contributed by atoms with van der Waals surface area (Å²) in [6.07, 6.45) is 4.34. The number of carbonyl (C=O) groups excluding carboxylic acids is 2. The van der Waals surface area contributed by atoms with Crippen LogP contribution in [-0.2, 0) is 4.79 Å². The number of Topliss-reactive ketones (excluding diaryl/α,β-unsaturated/α-hetero) is 1. The number of benzene rings is 1. The van der Waals surface area contributed by atoms with Crippen LogP contribution in [0.25, 0.3) is 0 Å². The Kier molecular flexibility index (Phi) is 7.47. The summed E-state index contributed by atoms with van der Waals surface area (Å²) in [4.78, 5) is 27.0. The van der Waals surface area contributed by atoms with Gasteiger partial charge in [0.05, 0.1) is 19.4 Å². The lowest BCUT2D eigenvalue weighted by Crippen LogP contribution is -2.41. The van der Waals surface area contributed by atoms with Gasteiger partial charge in [0.1, 0.15) is 11.5 Å². The van der Waals surface area contributed by atoms with Crippen molar-refractivity contribution >= 4 is 11.7 Å². The number of nitrogens with one attached hydrogen (secondary N) is 1. The molecular weight excluding hydrogens is 368 g/mol. The van der Waals surface area contributed by atoms with Crippen LogP contribution >= 0.6 is 0 Å². The minimum absolute atomic E-state index is 0.0266.